The van der Waals surface area contributed by atoms with Crippen molar-refractivity contribution < 1.29 is 9.53 Å². The van der Waals surface area contributed by atoms with E-state index in [0.717, 1.165) is 50.9 Å². The SMILES string of the molecule is CCNC(=NCCC1CCCCC1)N1CCC(C(=O)OC)CC1.I. The van der Waals surface area contributed by atoms with Gasteiger partial charge in [0.05, 0.1) is 13.0 Å². The summed E-state index contributed by atoms with van der Waals surface area (Å²) in [6, 6.07) is 0. The van der Waals surface area contributed by atoms with Crippen LogP contribution in [0.15, 0.2) is 4.99 Å². The average Bonchev–Trinajstić information content (AvgIpc) is 2.61. The Morgan fingerprint density at radius 3 is 2.42 bits per heavy atom. The van der Waals surface area contributed by atoms with Gasteiger partial charge in [-0.1, -0.05) is 32.1 Å². The molecule has 2 aliphatic rings. The number of carbonyl (C=O) groups is 1. The van der Waals surface area contributed by atoms with Gasteiger partial charge in [0.1, 0.15) is 0 Å². The second-order valence-corrected chi connectivity index (χ2v) is 6.81. The summed E-state index contributed by atoms with van der Waals surface area (Å²) in [4.78, 5) is 18.8. The average molecular weight is 451 g/mol. The molecule has 1 N–H and O–H groups in total. The molecule has 5 nitrogen and oxygen atoms in total. The van der Waals surface area contributed by atoms with Crippen LogP contribution in [0.3, 0.4) is 0 Å². The number of nitrogens with zero attached hydrogens (tertiary/aromatic N) is 2. The lowest BCUT2D eigenvalue weighted by Gasteiger charge is -2.33. The Kier molecular flexibility index (Phi) is 10.7. The summed E-state index contributed by atoms with van der Waals surface area (Å²) in [5.41, 5.74) is 0. The monoisotopic (exact) mass is 451 g/mol. The van der Waals surface area contributed by atoms with Crippen LogP contribution in [-0.2, 0) is 9.53 Å². The van der Waals surface area contributed by atoms with Crippen molar-refractivity contribution in [3.63, 3.8) is 0 Å². The fourth-order valence-corrected chi connectivity index (χ4v) is 3.75. The van der Waals surface area contributed by atoms with E-state index in [9.17, 15) is 4.79 Å². The normalized spacial score (nSPS) is 20.4. The molecule has 0 unspecified atom stereocenters. The maximum Gasteiger partial charge on any atom is 0.308 e. The fourth-order valence-electron chi connectivity index (χ4n) is 3.75. The summed E-state index contributed by atoms with van der Waals surface area (Å²) >= 11 is 0. The summed E-state index contributed by atoms with van der Waals surface area (Å²) in [6.45, 7) is 5.69. The first kappa shape index (κ1) is 21.5. The first-order chi connectivity index (χ1) is 11.2. The van der Waals surface area contributed by atoms with Crippen molar-refractivity contribution in [1.82, 2.24) is 10.2 Å². The van der Waals surface area contributed by atoms with E-state index in [4.69, 9.17) is 9.73 Å². The number of rotatable bonds is 5. The Morgan fingerprint density at radius 1 is 1.17 bits per heavy atom. The quantitative estimate of drug-likeness (QED) is 0.301. The first-order valence-electron chi connectivity index (χ1n) is 9.35. The lowest BCUT2D eigenvalue weighted by molar-refractivity contribution is -0.146. The van der Waals surface area contributed by atoms with Crippen LogP contribution in [0.2, 0.25) is 0 Å². The number of nitrogens with one attached hydrogen (secondary N) is 1. The van der Waals surface area contributed by atoms with Gasteiger partial charge in [0.2, 0.25) is 0 Å². The van der Waals surface area contributed by atoms with Crippen LogP contribution in [0.1, 0.15) is 58.3 Å². The van der Waals surface area contributed by atoms with Crippen molar-refractivity contribution in [2.24, 2.45) is 16.8 Å². The molecular formula is C18H34IN3O2. The number of ether oxygens (including phenoxy) is 1. The third-order valence-corrected chi connectivity index (χ3v) is 5.19. The molecule has 0 atom stereocenters. The number of esters is 1. The Balaban J connectivity index is 0.00000288. The second kappa shape index (κ2) is 11.9. The van der Waals surface area contributed by atoms with Gasteiger partial charge in [0, 0.05) is 26.2 Å². The largest absolute Gasteiger partial charge is 0.469 e. The van der Waals surface area contributed by atoms with Gasteiger partial charge in [-0.25, -0.2) is 0 Å². The van der Waals surface area contributed by atoms with Gasteiger partial charge in [-0.15, -0.1) is 24.0 Å². The summed E-state index contributed by atoms with van der Waals surface area (Å²) in [7, 11) is 1.48. The third-order valence-electron chi connectivity index (χ3n) is 5.19. The van der Waals surface area contributed by atoms with Gasteiger partial charge in [-0.3, -0.25) is 9.79 Å². The molecule has 6 heteroatoms. The number of likely N-dealkylation sites (tertiary alicyclic amines) is 1. The fraction of sp³-hybridized carbons (Fsp3) is 0.889. The zero-order valence-corrected chi connectivity index (χ0v) is 17.6. The van der Waals surface area contributed by atoms with Gasteiger partial charge in [-0.2, -0.15) is 0 Å². The van der Waals surface area contributed by atoms with Crippen LogP contribution in [0, 0.1) is 11.8 Å². The highest BCUT2D eigenvalue weighted by atomic mass is 127. The number of guanidine groups is 1. The topological polar surface area (TPSA) is 53.9 Å². The molecule has 1 aliphatic carbocycles. The predicted molar refractivity (Wildman–Crippen MR) is 109 cm³/mol. The summed E-state index contributed by atoms with van der Waals surface area (Å²) in [6.07, 6.45) is 9.92. The van der Waals surface area contributed by atoms with Crippen molar-refractivity contribution >= 4 is 35.9 Å². The molecular weight excluding hydrogens is 417 g/mol. The van der Waals surface area contributed by atoms with Crippen LogP contribution in [0.5, 0.6) is 0 Å². The van der Waals surface area contributed by atoms with E-state index in [2.05, 4.69) is 17.1 Å². The summed E-state index contributed by atoms with van der Waals surface area (Å²) in [5.74, 6) is 1.89. The molecule has 0 radical (unpaired) electrons. The van der Waals surface area contributed by atoms with E-state index in [1.54, 1.807) is 0 Å². The highest BCUT2D eigenvalue weighted by Crippen LogP contribution is 2.26. The molecule has 0 aromatic carbocycles. The second-order valence-electron chi connectivity index (χ2n) is 6.81. The minimum atomic E-state index is -0.0658. The molecule has 0 bridgehead atoms. The summed E-state index contributed by atoms with van der Waals surface area (Å²) < 4.78 is 4.86. The maximum absolute atomic E-state index is 11.6. The van der Waals surface area contributed by atoms with Crippen molar-refractivity contribution in [1.29, 1.82) is 0 Å². The van der Waals surface area contributed by atoms with Crippen LogP contribution in [-0.4, -0.2) is 50.1 Å². The number of methoxy groups -OCH3 is 1. The number of aliphatic imine (C=N–C) groups is 1. The molecule has 0 amide bonds. The van der Waals surface area contributed by atoms with Crippen LogP contribution in [0.25, 0.3) is 0 Å². The molecule has 2 rings (SSSR count). The highest BCUT2D eigenvalue weighted by molar-refractivity contribution is 14.0. The van der Waals surface area contributed by atoms with E-state index in [0.29, 0.717) is 0 Å². The van der Waals surface area contributed by atoms with Crippen LogP contribution >= 0.6 is 24.0 Å². The zero-order valence-electron chi connectivity index (χ0n) is 15.3. The van der Waals surface area contributed by atoms with Crippen molar-refractivity contribution in [2.45, 2.75) is 58.3 Å². The molecule has 0 aromatic heterocycles. The first-order valence-corrected chi connectivity index (χ1v) is 9.35. The molecule has 1 aliphatic heterocycles. The van der Waals surface area contributed by atoms with Gasteiger partial charge in [0.25, 0.3) is 0 Å². The molecule has 2 fully saturated rings. The molecule has 0 spiro atoms. The Bertz CT molecular complexity index is 390. The predicted octanol–water partition coefficient (Wildman–Crippen LogP) is 3.43. The molecule has 24 heavy (non-hydrogen) atoms. The van der Waals surface area contributed by atoms with Crippen molar-refractivity contribution in [2.75, 3.05) is 33.3 Å². The Morgan fingerprint density at radius 2 is 1.83 bits per heavy atom. The zero-order chi connectivity index (χ0) is 16.5. The number of halogens is 1. The van der Waals surface area contributed by atoms with Gasteiger partial charge in [-0.05, 0) is 32.1 Å². The molecule has 1 saturated carbocycles. The van der Waals surface area contributed by atoms with Crippen molar-refractivity contribution in [3.05, 3.63) is 0 Å². The highest BCUT2D eigenvalue weighted by Gasteiger charge is 2.27. The smallest absolute Gasteiger partial charge is 0.308 e. The summed E-state index contributed by atoms with van der Waals surface area (Å²) in [5, 5.41) is 3.41. The van der Waals surface area contributed by atoms with Gasteiger partial charge >= 0.3 is 5.97 Å². The number of carbonyl (C=O) groups excluding carboxylic acids is 1. The minimum absolute atomic E-state index is 0. The molecule has 1 heterocycles. The van der Waals surface area contributed by atoms with Crippen molar-refractivity contribution in [3.8, 4) is 0 Å². The number of piperidine rings is 1. The van der Waals surface area contributed by atoms with E-state index in [1.807, 2.05) is 0 Å². The molecule has 1 saturated heterocycles. The number of hydrogen-bond acceptors (Lipinski definition) is 3. The standard InChI is InChI=1S/C18H33N3O2.HI/c1-3-19-18(20-12-9-15-7-5-4-6-8-15)21-13-10-16(11-14-21)17(22)23-2;/h15-16H,3-14H2,1-2H3,(H,19,20);1H. The number of hydrogen-bond donors (Lipinski definition) is 1. The van der Waals surface area contributed by atoms with Crippen LogP contribution in [0.4, 0.5) is 0 Å². The van der Waals surface area contributed by atoms with Gasteiger partial charge in [0.15, 0.2) is 5.96 Å². The Hall–Kier alpha value is -0.530. The van der Waals surface area contributed by atoms with E-state index in [1.165, 1.54) is 45.6 Å². The lowest BCUT2D eigenvalue weighted by Crippen LogP contribution is -2.46. The Labute approximate surface area is 164 Å². The van der Waals surface area contributed by atoms with Crippen LogP contribution < -0.4 is 5.32 Å². The van der Waals surface area contributed by atoms with Gasteiger partial charge < -0.3 is 15.0 Å². The maximum atomic E-state index is 11.6. The lowest BCUT2D eigenvalue weighted by atomic mass is 9.87. The third kappa shape index (κ3) is 6.76. The molecule has 0 aromatic rings. The van der Waals surface area contributed by atoms with E-state index < -0.39 is 0 Å². The van der Waals surface area contributed by atoms with E-state index in [-0.39, 0.29) is 35.9 Å². The van der Waals surface area contributed by atoms with E-state index >= 15 is 0 Å². The molecule has 140 valence electrons. The minimum Gasteiger partial charge on any atom is -0.469 e.